The average molecular weight is 427 g/mol. The minimum Gasteiger partial charge on any atom is -0.494 e. The zero-order valence-electron chi connectivity index (χ0n) is 18.5. The third-order valence-electron chi connectivity index (χ3n) is 5.45. The summed E-state index contributed by atoms with van der Waals surface area (Å²) >= 11 is 0. The molecule has 0 N–H and O–H groups in total. The molecule has 162 valence electrons. The summed E-state index contributed by atoms with van der Waals surface area (Å²) < 4.78 is 5.54. The number of amides is 2. The van der Waals surface area contributed by atoms with Gasteiger partial charge in [0.05, 0.1) is 17.9 Å². The maximum Gasteiger partial charge on any atom is 0.282 e. The molecule has 1 heterocycles. The molecule has 0 aromatic heterocycles. The number of nitrogens with zero attached hydrogens (tertiary/aromatic N) is 2. The quantitative estimate of drug-likeness (QED) is 0.509. The number of hydrogen-bond donors (Lipinski definition) is 0. The standard InChI is InChI=1S/C27H26N2O3/c1-4-32-23-16-12-21(13-17-23)24-25(28(3)18-20-8-6-5-7-9-20)27(31)29(26(24)30)22-14-10-19(2)11-15-22/h5-17H,4,18H2,1-3H3. The van der Waals surface area contributed by atoms with Crippen LogP contribution in [0.4, 0.5) is 5.69 Å². The molecule has 32 heavy (non-hydrogen) atoms. The van der Waals surface area contributed by atoms with Crippen LogP contribution in [0.3, 0.4) is 0 Å². The maximum atomic E-state index is 13.6. The Morgan fingerprint density at radius 2 is 1.50 bits per heavy atom. The van der Waals surface area contributed by atoms with Crippen LogP contribution in [0, 0.1) is 6.92 Å². The highest BCUT2D eigenvalue weighted by molar-refractivity contribution is 6.45. The second-order valence-corrected chi connectivity index (χ2v) is 7.80. The largest absolute Gasteiger partial charge is 0.494 e. The molecule has 3 aromatic carbocycles. The Hall–Kier alpha value is -3.86. The Morgan fingerprint density at radius 3 is 2.12 bits per heavy atom. The number of likely N-dealkylation sites (N-methyl/N-ethyl adjacent to an activating group) is 1. The van der Waals surface area contributed by atoms with Crippen molar-refractivity contribution in [1.29, 1.82) is 0 Å². The van der Waals surface area contributed by atoms with Crippen LogP contribution < -0.4 is 9.64 Å². The summed E-state index contributed by atoms with van der Waals surface area (Å²) in [4.78, 5) is 30.3. The van der Waals surface area contributed by atoms with E-state index in [-0.39, 0.29) is 11.8 Å². The Bertz CT molecular complexity index is 1150. The van der Waals surface area contributed by atoms with Crippen LogP contribution in [0.5, 0.6) is 5.75 Å². The lowest BCUT2D eigenvalue weighted by Crippen LogP contribution is -2.34. The first-order chi connectivity index (χ1) is 15.5. The van der Waals surface area contributed by atoms with E-state index in [0.29, 0.717) is 35.7 Å². The minimum absolute atomic E-state index is 0.318. The lowest BCUT2D eigenvalue weighted by Gasteiger charge is -2.21. The summed E-state index contributed by atoms with van der Waals surface area (Å²) in [6.45, 7) is 4.97. The molecule has 0 fully saturated rings. The molecule has 1 aliphatic heterocycles. The molecule has 1 aliphatic rings. The van der Waals surface area contributed by atoms with E-state index in [1.165, 1.54) is 4.90 Å². The third kappa shape index (κ3) is 4.14. The number of carbonyl (C=O) groups excluding carboxylic acids is 2. The topological polar surface area (TPSA) is 49.9 Å². The first-order valence-electron chi connectivity index (χ1n) is 10.7. The lowest BCUT2D eigenvalue weighted by atomic mass is 10.0. The van der Waals surface area contributed by atoms with E-state index in [2.05, 4.69) is 0 Å². The predicted molar refractivity (Wildman–Crippen MR) is 126 cm³/mol. The van der Waals surface area contributed by atoms with E-state index in [4.69, 9.17) is 4.74 Å². The number of aryl methyl sites for hydroxylation is 1. The monoisotopic (exact) mass is 426 g/mol. The molecule has 4 rings (SSSR count). The smallest absolute Gasteiger partial charge is 0.282 e. The SMILES string of the molecule is CCOc1ccc(C2=C(N(C)Cc3ccccc3)C(=O)N(c3ccc(C)cc3)C2=O)cc1. The fourth-order valence-electron chi connectivity index (χ4n) is 3.88. The van der Waals surface area contributed by atoms with Crippen molar-refractivity contribution in [3.05, 3.63) is 101 Å². The molecular weight excluding hydrogens is 400 g/mol. The van der Waals surface area contributed by atoms with Gasteiger partial charge >= 0.3 is 0 Å². The summed E-state index contributed by atoms with van der Waals surface area (Å²) in [6, 6.07) is 24.6. The highest BCUT2D eigenvalue weighted by Gasteiger charge is 2.41. The Balaban J connectivity index is 1.77. The minimum atomic E-state index is -0.321. The molecule has 0 bridgehead atoms. The van der Waals surface area contributed by atoms with Gasteiger partial charge < -0.3 is 9.64 Å². The van der Waals surface area contributed by atoms with Crippen LogP contribution in [-0.2, 0) is 16.1 Å². The van der Waals surface area contributed by atoms with Crippen molar-refractivity contribution in [2.45, 2.75) is 20.4 Å². The van der Waals surface area contributed by atoms with E-state index < -0.39 is 0 Å². The summed E-state index contributed by atoms with van der Waals surface area (Å²) in [7, 11) is 1.85. The number of rotatable bonds is 7. The molecule has 2 amide bonds. The van der Waals surface area contributed by atoms with Gasteiger partial charge in [-0.05, 0) is 49.2 Å². The van der Waals surface area contributed by atoms with Crippen molar-refractivity contribution in [3.8, 4) is 5.75 Å². The van der Waals surface area contributed by atoms with Crippen molar-refractivity contribution in [3.63, 3.8) is 0 Å². The number of ether oxygens (including phenoxy) is 1. The molecule has 0 unspecified atom stereocenters. The molecule has 3 aromatic rings. The van der Waals surface area contributed by atoms with Gasteiger partial charge in [0, 0.05) is 13.6 Å². The molecule has 0 radical (unpaired) electrons. The molecule has 5 heteroatoms. The Morgan fingerprint density at radius 1 is 0.844 bits per heavy atom. The average Bonchev–Trinajstić information content (AvgIpc) is 3.06. The molecule has 0 atom stereocenters. The lowest BCUT2D eigenvalue weighted by molar-refractivity contribution is -0.120. The van der Waals surface area contributed by atoms with E-state index in [9.17, 15) is 9.59 Å². The normalized spacial score (nSPS) is 13.7. The van der Waals surface area contributed by atoms with Gasteiger partial charge in [0.2, 0.25) is 0 Å². The van der Waals surface area contributed by atoms with Crippen molar-refractivity contribution in [2.24, 2.45) is 0 Å². The van der Waals surface area contributed by atoms with Crippen molar-refractivity contribution in [1.82, 2.24) is 4.90 Å². The second kappa shape index (κ2) is 9.10. The van der Waals surface area contributed by atoms with Gasteiger partial charge in [-0.3, -0.25) is 9.59 Å². The van der Waals surface area contributed by atoms with E-state index >= 15 is 0 Å². The van der Waals surface area contributed by atoms with Crippen LogP contribution in [0.25, 0.3) is 5.57 Å². The molecule has 0 aliphatic carbocycles. The van der Waals surface area contributed by atoms with E-state index in [0.717, 1.165) is 16.9 Å². The Kier molecular flexibility index (Phi) is 6.08. The van der Waals surface area contributed by atoms with Gasteiger partial charge in [-0.25, -0.2) is 4.90 Å². The summed E-state index contributed by atoms with van der Waals surface area (Å²) in [5.74, 6) is 0.0855. The van der Waals surface area contributed by atoms with Crippen LogP contribution in [0.15, 0.2) is 84.6 Å². The fourth-order valence-corrected chi connectivity index (χ4v) is 3.88. The number of imide groups is 1. The number of hydrogen-bond acceptors (Lipinski definition) is 4. The molecule has 0 spiro atoms. The predicted octanol–water partition coefficient (Wildman–Crippen LogP) is 4.81. The van der Waals surface area contributed by atoms with Gasteiger partial charge in [0.15, 0.2) is 0 Å². The van der Waals surface area contributed by atoms with Crippen LogP contribution in [0.1, 0.15) is 23.6 Å². The van der Waals surface area contributed by atoms with Gasteiger partial charge in [-0.2, -0.15) is 0 Å². The van der Waals surface area contributed by atoms with Gasteiger partial charge in [-0.1, -0.05) is 60.2 Å². The number of anilines is 1. The molecule has 0 saturated carbocycles. The van der Waals surface area contributed by atoms with Gasteiger partial charge in [-0.15, -0.1) is 0 Å². The zero-order chi connectivity index (χ0) is 22.7. The highest BCUT2D eigenvalue weighted by atomic mass is 16.5. The Labute approximate surface area is 188 Å². The van der Waals surface area contributed by atoms with Crippen molar-refractivity contribution >= 4 is 23.1 Å². The van der Waals surface area contributed by atoms with Crippen LogP contribution >= 0.6 is 0 Å². The molecular formula is C27H26N2O3. The van der Waals surface area contributed by atoms with E-state index in [1.807, 2.05) is 92.5 Å². The summed E-state index contributed by atoms with van der Waals surface area (Å²) in [5.41, 5.74) is 4.17. The van der Waals surface area contributed by atoms with Crippen molar-refractivity contribution < 1.29 is 14.3 Å². The molecule has 5 nitrogen and oxygen atoms in total. The third-order valence-corrected chi connectivity index (χ3v) is 5.45. The van der Waals surface area contributed by atoms with Crippen LogP contribution in [-0.4, -0.2) is 30.4 Å². The fraction of sp³-hybridized carbons (Fsp3) is 0.185. The maximum absolute atomic E-state index is 13.6. The van der Waals surface area contributed by atoms with Gasteiger partial charge in [0.25, 0.3) is 11.8 Å². The highest BCUT2D eigenvalue weighted by Crippen LogP contribution is 2.35. The second-order valence-electron chi connectivity index (χ2n) is 7.80. The van der Waals surface area contributed by atoms with Crippen molar-refractivity contribution in [2.75, 3.05) is 18.6 Å². The zero-order valence-corrected chi connectivity index (χ0v) is 18.5. The molecule has 0 saturated heterocycles. The van der Waals surface area contributed by atoms with E-state index in [1.54, 1.807) is 12.1 Å². The first-order valence-corrected chi connectivity index (χ1v) is 10.7. The first kappa shape index (κ1) is 21.4. The number of benzene rings is 3. The van der Waals surface area contributed by atoms with Crippen LogP contribution in [0.2, 0.25) is 0 Å². The number of carbonyl (C=O) groups is 2. The van der Waals surface area contributed by atoms with Gasteiger partial charge in [0.1, 0.15) is 11.4 Å². The summed E-state index contributed by atoms with van der Waals surface area (Å²) in [6.07, 6.45) is 0. The summed E-state index contributed by atoms with van der Waals surface area (Å²) in [5, 5.41) is 0.